The molecule has 0 aromatic heterocycles. The second-order valence-corrected chi connectivity index (χ2v) is 10.5. The van der Waals surface area contributed by atoms with Crippen molar-refractivity contribution in [2.75, 3.05) is 24.0 Å². The minimum Gasteiger partial charge on any atom is -0.493 e. The molecule has 186 valence electrons. The third kappa shape index (κ3) is 7.37. The molecule has 1 N–H and O–H groups in total. The summed E-state index contributed by atoms with van der Waals surface area (Å²) in [5.41, 5.74) is 1.24. The molecule has 0 aliphatic heterocycles. The smallest absolute Gasteiger partial charge is 0.264 e. The Labute approximate surface area is 216 Å². The predicted octanol–water partition coefficient (Wildman–Crippen LogP) is 5.73. The lowest BCUT2D eigenvalue weighted by Gasteiger charge is -2.25. The summed E-state index contributed by atoms with van der Waals surface area (Å²) < 4.78 is 33.6. The molecule has 0 unspecified atom stereocenters. The van der Waals surface area contributed by atoms with E-state index in [0.29, 0.717) is 24.6 Å². The van der Waals surface area contributed by atoms with Crippen LogP contribution in [0.2, 0.25) is 10.0 Å². The fourth-order valence-electron chi connectivity index (χ4n) is 3.46. The number of hydrogen-bond donors (Lipinski definition) is 1. The molecule has 9 heteroatoms. The number of anilines is 1. The molecule has 0 saturated heterocycles. The molecule has 0 spiro atoms. The number of sulfonamides is 1. The lowest BCUT2D eigenvalue weighted by molar-refractivity contribution is -0.119. The Morgan fingerprint density at radius 1 is 1.00 bits per heavy atom. The highest BCUT2D eigenvalue weighted by Crippen LogP contribution is 2.32. The van der Waals surface area contributed by atoms with Gasteiger partial charge in [0.15, 0.2) is 0 Å². The molecule has 0 heterocycles. The molecule has 6 nitrogen and oxygen atoms in total. The number of nitrogens with zero attached hydrogens (tertiary/aromatic N) is 1. The number of hydrogen-bond acceptors (Lipinski definition) is 4. The number of aryl methyl sites for hydroxylation is 1. The fourth-order valence-corrected chi connectivity index (χ4v) is 5.48. The van der Waals surface area contributed by atoms with Gasteiger partial charge in [-0.05, 0) is 61.2 Å². The molecule has 0 atom stereocenters. The maximum Gasteiger partial charge on any atom is 0.264 e. The summed E-state index contributed by atoms with van der Waals surface area (Å²) in [5, 5.41) is 3.31. The van der Waals surface area contributed by atoms with E-state index in [4.69, 9.17) is 27.9 Å². The van der Waals surface area contributed by atoms with Crippen LogP contribution in [0.3, 0.4) is 0 Å². The Morgan fingerprint density at radius 3 is 2.43 bits per heavy atom. The maximum absolute atomic E-state index is 13.4. The van der Waals surface area contributed by atoms with Crippen LogP contribution in [0.15, 0.2) is 77.7 Å². The normalized spacial score (nSPS) is 11.2. The summed E-state index contributed by atoms with van der Waals surface area (Å²) >= 11 is 12.3. The van der Waals surface area contributed by atoms with Crippen molar-refractivity contribution in [2.24, 2.45) is 0 Å². The summed E-state index contributed by atoms with van der Waals surface area (Å²) in [4.78, 5) is 12.8. The van der Waals surface area contributed by atoms with Gasteiger partial charge in [0.05, 0.1) is 22.2 Å². The van der Waals surface area contributed by atoms with Gasteiger partial charge in [0.1, 0.15) is 12.3 Å². The number of para-hydroxylation sites is 1. The van der Waals surface area contributed by atoms with Crippen molar-refractivity contribution in [1.29, 1.82) is 0 Å². The molecule has 0 radical (unpaired) electrons. The Bertz CT molecular complexity index is 1240. The van der Waals surface area contributed by atoms with Crippen molar-refractivity contribution in [2.45, 2.75) is 31.1 Å². The Hall–Kier alpha value is -2.74. The zero-order valence-corrected chi connectivity index (χ0v) is 21.7. The van der Waals surface area contributed by atoms with Gasteiger partial charge < -0.3 is 10.1 Å². The van der Waals surface area contributed by atoms with Crippen molar-refractivity contribution in [3.63, 3.8) is 0 Å². The first kappa shape index (κ1) is 26.9. The lowest BCUT2D eigenvalue weighted by Crippen LogP contribution is -2.41. The molecule has 0 fully saturated rings. The van der Waals surface area contributed by atoms with E-state index in [0.717, 1.165) is 28.5 Å². The van der Waals surface area contributed by atoms with Crippen LogP contribution in [0.5, 0.6) is 5.75 Å². The van der Waals surface area contributed by atoms with Crippen LogP contribution in [0.4, 0.5) is 5.69 Å². The first-order chi connectivity index (χ1) is 16.8. The molecule has 3 aromatic carbocycles. The molecular formula is C26H28Cl2N2O4S. The molecule has 0 bridgehead atoms. The van der Waals surface area contributed by atoms with Gasteiger partial charge in [-0.3, -0.25) is 9.10 Å². The maximum atomic E-state index is 13.4. The van der Waals surface area contributed by atoms with E-state index in [-0.39, 0.29) is 15.6 Å². The van der Waals surface area contributed by atoms with Crippen LogP contribution >= 0.6 is 23.2 Å². The number of nitrogens with one attached hydrogen (secondary N) is 1. The van der Waals surface area contributed by atoms with Gasteiger partial charge >= 0.3 is 0 Å². The number of carbonyl (C=O) groups excluding carboxylic acids is 1. The number of rotatable bonds is 12. The van der Waals surface area contributed by atoms with Crippen molar-refractivity contribution < 1.29 is 17.9 Å². The van der Waals surface area contributed by atoms with E-state index in [1.165, 1.54) is 30.3 Å². The molecule has 3 rings (SSSR count). The summed E-state index contributed by atoms with van der Waals surface area (Å²) in [6, 6.07) is 20.2. The molecule has 1 amide bonds. The van der Waals surface area contributed by atoms with E-state index < -0.39 is 22.5 Å². The van der Waals surface area contributed by atoms with Gasteiger partial charge in [-0.25, -0.2) is 8.42 Å². The number of carbonyl (C=O) groups is 1. The van der Waals surface area contributed by atoms with Crippen LogP contribution in [0, 0.1) is 0 Å². The number of ether oxygens (including phenoxy) is 1. The second kappa shape index (κ2) is 12.8. The Kier molecular flexibility index (Phi) is 9.83. The number of benzene rings is 3. The van der Waals surface area contributed by atoms with Gasteiger partial charge in [0, 0.05) is 11.6 Å². The minimum absolute atomic E-state index is 0.0579. The van der Waals surface area contributed by atoms with Crippen LogP contribution in [0.25, 0.3) is 0 Å². The largest absolute Gasteiger partial charge is 0.493 e. The molecule has 35 heavy (non-hydrogen) atoms. The lowest BCUT2D eigenvalue weighted by atomic mass is 10.1. The Balaban J connectivity index is 1.69. The monoisotopic (exact) mass is 534 g/mol. The SMILES string of the molecule is CCCOc1ccccc1CCCNC(=O)CN(c1ccc(Cl)cc1Cl)S(=O)(=O)c1ccccc1. The molecule has 0 aliphatic rings. The third-order valence-corrected chi connectivity index (χ3v) is 7.49. The van der Waals surface area contributed by atoms with Gasteiger partial charge in [-0.2, -0.15) is 0 Å². The standard InChI is InChI=1S/C26H28Cl2N2O4S/c1-2-17-34-25-13-7-6-9-20(25)10-8-16-29-26(31)19-30(24-15-14-21(27)18-23(24)28)35(32,33)22-11-4-3-5-12-22/h3-7,9,11-15,18H,2,8,10,16-17,19H2,1H3,(H,29,31). The number of amides is 1. The van der Waals surface area contributed by atoms with Crippen molar-refractivity contribution >= 4 is 44.8 Å². The molecular weight excluding hydrogens is 507 g/mol. The molecule has 0 saturated carbocycles. The molecule has 0 aliphatic carbocycles. The number of halogens is 2. The highest BCUT2D eigenvalue weighted by atomic mass is 35.5. The summed E-state index contributed by atoms with van der Waals surface area (Å²) in [6.07, 6.45) is 2.31. The van der Waals surface area contributed by atoms with Crippen LogP contribution < -0.4 is 14.4 Å². The summed E-state index contributed by atoms with van der Waals surface area (Å²) in [5.74, 6) is 0.407. The van der Waals surface area contributed by atoms with Gasteiger partial charge in [0.2, 0.25) is 5.91 Å². The quantitative estimate of drug-likeness (QED) is 0.301. The first-order valence-corrected chi connectivity index (χ1v) is 13.5. The minimum atomic E-state index is -4.04. The van der Waals surface area contributed by atoms with E-state index in [1.807, 2.05) is 24.3 Å². The summed E-state index contributed by atoms with van der Waals surface area (Å²) in [6.45, 7) is 2.66. The second-order valence-electron chi connectivity index (χ2n) is 7.83. The summed E-state index contributed by atoms with van der Waals surface area (Å²) in [7, 11) is -4.04. The van der Waals surface area contributed by atoms with Crippen LogP contribution in [-0.4, -0.2) is 34.0 Å². The predicted molar refractivity (Wildman–Crippen MR) is 141 cm³/mol. The zero-order chi connectivity index (χ0) is 25.3. The average Bonchev–Trinajstić information content (AvgIpc) is 2.85. The van der Waals surface area contributed by atoms with Crippen LogP contribution in [0.1, 0.15) is 25.3 Å². The molecule has 3 aromatic rings. The topological polar surface area (TPSA) is 75.7 Å². The zero-order valence-electron chi connectivity index (χ0n) is 19.4. The van der Waals surface area contributed by atoms with Gasteiger partial charge in [0.25, 0.3) is 10.0 Å². The van der Waals surface area contributed by atoms with E-state index >= 15 is 0 Å². The van der Waals surface area contributed by atoms with Crippen molar-refractivity contribution in [3.05, 3.63) is 88.4 Å². The van der Waals surface area contributed by atoms with E-state index in [2.05, 4.69) is 12.2 Å². The third-order valence-electron chi connectivity index (χ3n) is 5.18. The van der Waals surface area contributed by atoms with Gasteiger partial charge in [-0.1, -0.05) is 66.5 Å². The van der Waals surface area contributed by atoms with Gasteiger partial charge in [-0.15, -0.1) is 0 Å². The van der Waals surface area contributed by atoms with Crippen molar-refractivity contribution in [3.8, 4) is 5.75 Å². The van der Waals surface area contributed by atoms with E-state index in [9.17, 15) is 13.2 Å². The fraction of sp³-hybridized carbons (Fsp3) is 0.269. The first-order valence-electron chi connectivity index (χ1n) is 11.3. The average molecular weight is 535 g/mol. The van der Waals surface area contributed by atoms with E-state index in [1.54, 1.807) is 18.2 Å². The van der Waals surface area contributed by atoms with Crippen LogP contribution in [-0.2, 0) is 21.2 Å². The highest BCUT2D eigenvalue weighted by Gasteiger charge is 2.28. The highest BCUT2D eigenvalue weighted by molar-refractivity contribution is 7.92. The van der Waals surface area contributed by atoms with Crippen molar-refractivity contribution in [1.82, 2.24) is 5.32 Å². The Morgan fingerprint density at radius 2 is 1.71 bits per heavy atom.